The summed E-state index contributed by atoms with van der Waals surface area (Å²) in [6.45, 7) is 1.83. The van der Waals surface area contributed by atoms with Gasteiger partial charge in [-0.3, -0.25) is 4.79 Å². The van der Waals surface area contributed by atoms with Crippen molar-refractivity contribution < 1.29 is 9.53 Å². The molecule has 2 aromatic carbocycles. The minimum atomic E-state index is -0.463. The van der Waals surface area contributed by atoms with Crippen LogP contribution in [0.3, 0.4) is 0 Å². The molecule has 2 bridgehead atoms. The highest BCUT2D eigenvalue weighted by molar-refractivity contribution is 5.84. The summed E-state index contributed by atoms with van der Waals surface area (Å²) in [5.74, 6) is 2.29. The molecule has 0 aromatic heterocycles. The number of fused-ring (bicyclic) bond motifs is 3. The van der Waals surface area contributed by atoms with Crippen molar-refractivity contribution in [2.75, 3.05) is 0 Å². The summed E-state index contributed by atoms with van der Waals surface area (Å²) < 4.78 is 5.86. The largest absolute Gasteiger partial charge is 0.481 e. The van der Waals surface area contributed by atoms with Crippen LogP contribution in [0.5, 0.6) is 5.75 Å². The molecule has 120 valence electrons. The Hall–Kier alpha value is -2.03. The van der Waals surface area contributed by atoms with Crippen molar-refractivity contribution in [1.29, 1.82) is 0 Å². The van der Waals surface area contributed by atoms with E-state index in [9.17, 15) is 4.79 Å². The Balaban J connectivity index is 1.39. The van der Waals surface area contributed by atoms with Crippen LogP contribution in [0.1, 0.15) is 32.6 Å². The number of carbonyl (C=O) groups is 1. The molecule has 1 amide bonds. The Labute approximate surface area is 137 Å². The molecule has 0 unspecified atom stereocenters. The van der Waals surface area contributed by atoms with Crippen LogP contribution in [0.15, 0.2) is 42.5 Å². The summed E-state index contributed by atoms with van der Waals surface area (Å²) >= 11 is 0. The summed E-state index contributed by atoms with van der Waals surface area (Å²) in [6.07, 6.45) is 4.61. The summed E-state index contributed by atoms with van der Waals surface area (Å²) in [6, 6.07) is 14.5. The second kappa shape index (κ2) is 5.88. The number of hydrogen-bond acceptors (Lipinski definition) is 2. The number of carbonyl (C=O) groups excluding carboxylic acids is 1. The lowest BCUT2D eigenvalue weighted by molar-refractivity contribution is -0.128. The minimum absolute atomic E-state index is 0.00992. The molecule has 0 saturated heterocycles. The van der Waals surface area contributed by atoms with E-state index in [0.717, 1.165) is 23.5 Å². The van der Waals surface area contributed by atoms with Crippen LogP contribution in [0.25, 0.3) is 10.8 Å². The van der Waals surface area contributed by atoms with E-state index >= 15 is 0 Å². The lowest BCUT2D eigenvalue weighted by atomic mass is 9.95. The molecular weight excluding hydrogens is 286 g/mol. The first-order valence-corrected chi connectivity index (χ1v) is 8.65. The van der Waals surface area contributed by atoms with Crippen LogP contribution >= 0.6 is 0 Å². The molecule has 3 nitrogen and oxygen atoms in total. The van der Waals surface area contributed by atoms with Crippen LogP contribution in [0.2, 0.25) is 0 Å². The van der Waals surface area contributed by atoms with E-state index in [4.69, 9.17) is 4.74 Å². The highest BCUT2D eigenvalue weighted by Gasteiger charge is 2.40. The van der Waals surface area contributed by atoms with Crippen LogP contribution in [0.4, 0.5) is 0 Å². The summed E-state index contributed by atoms with van der Waals surface area (Å²) in [5.41, 5.74) is 0. The maximum absolute atomic E-state index is 12.4. The zero-order valence-corrected chi connectivity index (χ0v) is 13.5. The van der Waals surface area contributed by atoms with Crippen molar-refractivity contribution in [1.82, 2.24) is 5.32 Å². The van der Waals surface area contributed by atoms with Crippen LogP contribution in [-0.4, -0.2) is 18.1 Å². The highest BCUT2D eigenvalue weighted by Crippen LogP contribution is 2.44. The van der Waals surface area contributed by atoms with Gasteiger partial charge in [-0.2, -0.15) is 0 Å². The van der Waals surface area contributed by atoms with Gasteiger partial charge in [-0.25, -0.2) is 0 Å². The number of nitrogens with one attached hydrogen (secondary N) is 1. The van der Waals surface area contributed by atoms with Gasteiger partial charge in [-0.05, 0) is 60.9 Å². The van der Waals surface area contributed by atoms with E-state index in [1.807, 2.05) is 37.3 Å². The Morgan fingerprint density at radius 2 is 1.96 bits per heavy atom. The zero-order valence-electron chi connectivity index (χ0n) is 13.5. The van der Waals surface area contributed by atoms with Gasteiger partial charge in [0.05, 0.1) is 0 Å². The maximum atomic E-state index is 12.4. The van der Waals surface area contributed by atoms with Gasteiger partial charge in [0.15, 0.2) is 6.10 Å². The molecule has 0 heterocycles. The summed E-state index contributed by atoms with van der Waals surface area (Å²) in [4.78, 5) is 12.4. The number of amides is 1. The molecule has 2 saturated carbocycles. The predicted molar refractivity (Wildman–Crippen MR) is 91.4 cm³/mol. The molecule has 0 spiro atoms. The van der Waals surface area contributed by atoms with Crippen molar-refractivity contribution in [3.8, 4) is 5.75 Å². The van der Waals surface area contributed by atoms with Crippen molar-refractivity contribution in [3.05, 3.63) is 42.5 Å². The normalized spacial score (nSPS) is 27.1. The molecule has 2 fully saturated rings. The molecule has 2 aromatic rings. The lowest BCUT2D eigenvalue weighted by Crippen LogP contribution is -2.44. The highest BCUT2D eigenvalue weighted by atomic mass is 16.5. The fraction of sp³-hybridized carbons (Fsp3) is 0.450. The van der Waals surface area contributed by atoms with Gasteiger partial charge in [0.2, 0.25) is 0 Å². The van der Waals surface area contributed by atoms with E-state index < -0.39 is 6.10 Å². The third-order valence-corrected chi connectivity index (χ3v) is 5.47. The predicted octanol–water partition coefficient (Wildman–Crippen LogP) is 3.91. The SMILES string of the molecule is C[C@H](Oc1ccc2ccccc2c1)C(=O)N[C@@H]1C[C@@H]2CC[C@@H]1C2. The van der Waals surface area contributed by atoms with Gasteiger partial charge in [-0.15, -0.1) is 0 Å². The van der Waals surface area contributed by atoms with Crippen molar-refractivity contribution in [2.45, 2.75) is 44.8 Å². The van der Waals surface area contributed by atoms with Gasteiger partial charge in [-0.1, -0.05) is 36.8 Å². The summed E-state index contributed by atoms with van der Waals surface area (Å²) in [5, 5.41) is 5.51. The molecule has 4 rings (SSSR count). The number of ether oxygens (including phenoxy) is 1. The minimum Gasteiger partial charge on any atom is -0.481 e. The molecule has 0 radical (unpaired) electrons. The van der Waals surface area contributed by atoms with Gasteiger partial charge in [0.25, 0.3) is 5.91 Å². The van der Waals surface area contributed by atoms with E-state index in [1.165, 1.54) is 24.6 Å². The standard InChI is InChI=1S/C20H23NO2/c1-13(20(22)21-19-11-14-6-7-17(19)10-14)23-18-9-8-15-4-2-3-5-16(15)12-18/h2-5,8-9,12-14,17,19H,6-7,10-11H2,1H3,(H,21,22)/t13-,14+,17+,19+/m0/s1. The van der Waals surface area contributed by atoms with Gasteiger partial charge in [0, 0.05) is 6.04 Å². The molecule has 1 N–H and O–H groups in total. The van der Waals surface area contributed by atoms with E-state index in [0.29, 0.717) is 12.0 Å². The number of rotatable bonds is 4. The fourth-order valence-electron chi connectivity index (χ4n) is 4.22. The van der Waals surface area contributed by atoms with Gasteiger partial charge >= 0.3 is 0 Å². The van der Waals surface area contributed by atoms with Crippen molar-refractivity contribution in [3.63, 3.8) is 0 Å². The average Bonchev–Trinajstić information content (AvgIpc) is 3.17. The Morgan fingerprint density at radius 1 is 1.13 bits per heavy atom. The molecule has 23 heavy (non-hydrogen) atoms. The molecule has 3 heteroatoms. The van der Waals surface area contributed by atoms with Crippen molar-refractivity contribution >= 4 is 16.7 Å². The van der Waals surface area contributed by atoms with E-state index in [2.05, 4.69) is 17.4 Å². The monoisotopic (exact) mass is 309 g/mol. The van der Waals surface area contributed by atoms with Crippen molar-refractivity contribution in [2.24, 2.45) is 11.8 Å². The first kappa shape index (κ1) is 14.6. The number of benzene rings is 2. The quantitative estimate of drug-likeness (QED) is 0.930. The number of hydrogen-bond donors (Lipinski definition) is 1. The Bertz CT molecular complexity index is 726. The van der Waals surface area contributed by atoms with Crippen LogP contribution in [0, 0.1) is 11.8 Å². The molecule has 2 aliphatic rings. The Morgan fingerprint density at radius 3 is 2.70 bits per heavy atom. The second-order valence-corrected chi connectivity index (χ2v) is 7.06. The fourth-order valence-corrected chi connectivity index (χ4v) is 4.22. The van der Waals surface area contributed by atoms with Crippen LogP contribution < -0.4 is 10.1 Å². The van der Waals surface area contributed by atoms with E-state index in [-0.39, 0.29) is 5.91 Å². The molecule has 2 aliphatic carbocycles. The maximum Gasteiger partial charge on any atom is 0.261 e. The van der Waals surface area contributed by atoms with Crippen LogP contribution in [-0.2, 0) is 4.79 Å². The van der Waals surface area contributed by atoms with Gasteiger partial charge < -0.3 is 10.1 Å². The summed E-state index contributed by atoms with van der Waals surface area (Å²) in [7, 11) is 0. The zero-order chi connectivity index (χ0) is 15.8. The lowest BCUT2D eigenvalue weighted by Gasteiger charge is -2.24. The Kier molecular flexibility index (Phi) is 3.72. The topological polar surface area (TPSA) is 38.3 Å². The molecular formula is C20H23NO2. The first-order valence-electron chi connectivity index (χ1n) is 8.65. The van der Waals surface area contributed by atoms with E-state index in [1.54, 1.807) is 0 Å². The first-order chi connectivity index (χ1) is 11.2. The smallest absolute Gasteiger partial charge is 0.261 e. The second-order valence-electron chi connectivity index (χ2n) is 7.06. The third-order valence-electron chi connectivity index (χ3n) is 5.47. The molecule has 4 atom stereocenters. The average molecular weight is 309 g/mol. The third kappa shape index (κ3) is 2.92. The van der Waals surface area contributed by atoms with Gasteiger partial charge in [0.1, 0.15) is 5.75 Å². The molecule has 0 aliphatic heterocycles.